The Hall–Kier alpha value is -1.36. The van der Waals surface area contributed by atoms with E-state index < -0.39 is 0 Å². The maximum atomic E-state index is 9.04. The van der Waals surface area contributed by atoms with Crippen LogP contribution in [0, 0.1) is 0 Å². The lowest BCUT2D eigenvalue weighted by Crippen LogP contribution is -2.12. The van der Waals surface area contributed by atoms with Crippen LogP contribution >= 0.6 is 11.3 Å². The third-order valence-electron chi connectivity index (χ3n) is 2.57. The van der Waals surface area contributed by atoms with E-state index in [0.717, 1.165) is 24.3 Å². The molecule has 0 spiro atoms. The van der Waals surface area contributed by atoms with Crippen molar-refractivity contribution in [3.05, 3.63) is 51.7 Å². The van der Waals surface area contributed by atoms with Crippen LogP contribution in [0.1, 0.15) is 16.0 Å². The van der Waals surface area contributed by atoms with E-state index in [0.29, 0.717) is 0 Å². The van der Waals surface area contributed by atoms with Gasteiger partial charge in [-0.25, -0.2) is 0 Å². The highest BCUT2D eigenvalue weighted by Gasteiger charge is 2.00. The molecule has 2 aromatic rings. The van der Waals surface area contributed by atoms with Crippen LogP contribution in [0.5, 0.6) is 0 Å². The quantitative estimate of drug-likeness (QED) is 0.759. The van der Waals surface area contributed by atoms with Crippen LogP contribution in [0.4, 0.5) is 5.69 Å². The molecule has 17 heavy (non-hydrogen) atoms. The predicted molar refractivity (Wildman–Crippen MR) is 71.6 cm³/mol. The first kappa shape index (κ1) is 12.1. The first-order valence-corrected chi connectivity index (χ1v) is 6.39. The summed E-state index contributed by atoms with van der Waals surface area (Å²) in [6.45, 7) is 1.66. The van der Waals surface area contributed by atoms with Gasteiger partial charge in [-0.05, 0) is 22.6 Å². The van der Waals surface area contributed by atoms with E-state index in [2.05, 4.69) is 5.32 Å². The van der Waals surface area contributed by atoms with Gasteiger partial charge in [0.1, 0.15) is 0 Å². The molecular formula is C13H16N2OS. The molecule has 0 bridgehead atoms. The molecule has 1 aromatic heterocycles. The van der Waals surface area contributed by atoms with Crippen LogP contribution in [-0.4, -0.2) is 5.11 Å². The lowest BCUT2D eigenvalue weighted by Gasteiger charge is -2.05. The summed E-state index contributed by atoms with van der Waals surface area (Å²) in [6.07, 6.45) is 0. The Morgan fingerprint density at radius 1 is 1.18 bits per heavy atom. The van der Waals surface area contributed by atoms with E-state index in [9.17, 15) is 0 Å². The number of benzene rings is 1. The number of aliphatic hydroxyl groups excluding tert-OH is 1. The maximum absolute atomic E-state index is 9.04. The zero-order valence-electron chi connectivity index (χ0n) is 9.52. The van der Waals surface area contributed by atoms with E-state index in [4.69, 9.17) is 10.8 Å². The summed E-state index contributed by atoms with van der Waals surface area (Å²) in [5.41, 5.74) is 8.77. The molecule has 4 heteroatoms. The fourth-order valence-electron chi connectivity index (χ4n) is 1.65. The van der Waals surface area contributed by atoms with E-state index in [-0.39, 0.29) is 6.61 Å². The Morgan fingerprint density at radius 3 is 2.71 bits per heavy atom. The summed E-state index contributed by atoms with van der Waals surface area (Å²) in [6, 6.07) is 9.85. The van der Waals surface area contributed by atoms with Crippen LogP contribution in [0.25, 0.3) is 0 Å². The summed E-state index contributed by atoms with van der Waals surface area (Å²) in [4.78, 5) is 1.17. The molecule has 4 N–H and O–H groups in total. The SMILES string of the molecule is Nc1ccsc1CNCc1cccc(CO)c1. The van der Waals surface area contributed by atoms with Gasteiger partial charge in [-0.15, -0.1) is 11.3 Å². The molecule has 90 valence electrons. The summed E-state index contributed by atoms with van der Waals surface area (Å²) >= 11 is 1.66. The summed E-state index contributed by atoms with van der Waals surface area (Å²) in [5.74, 6) is 0. The van der Waals surface area contributed by atoms with Gasteiger partial charge >= 0.3 is 0 Å². The number of hydrogen-bond acceptors (Lipinski definition) is 4. The van der Waals surface area contributed by atoms with Crippen molar-refractivity contribution in [2.45, 2.75) is 19.7 Å². The average Bonchev–Trinajstić information content (AvgIpc) is 2.76. The monoisotopic (exact) mass is 248 g/mol. The number of thiophene rings is 1. The molecule has 3 nitrogen and oxygen atoms in total. The zero-order chi connectivity index (χ0) is 12.1. The summed E-state index contributed by atoms with van der Waals surface area (Å²) < 4.78 is 0. The number of nitrogens with two attached hydrogens (primary N) is 1. The highest BCUT2D eigenvalue weighted by Crippen LogP contribution is 2.18. The normalized spacial score (nSPS) is 10.6. The molecule has 1 heterocycles. The Labute approximate surface area is 105 Å². The highest BCUT2D eigenvalue weighted by atomic mass is 32.1. The van der Waals surface area contributed by atoms with Crippen molar-refractivity contribution in [1.82, 2.24) is 5.32 Å². The van der Waals surface area contributed by atoms with Gasteiger partial charge < -0.3 is 16.2 Å². The molecule has 0 aliphatic carbocycles. The second-order valence-electron chi connectivity index (χ2n) is 3.88. The number of nitrogens with one attached hydrogen (secondary N) is 1. The number of hydrogen-bond donors (Lipinski definition) is 3. The lowest BCUT2D eigenvalue weighted by molar-refractivity contribution is 0.281. The van der Waals surface area contributed by atoms with Crippen molar-refractivity contribution in [2.24, 2.45) is 0 Å². The second-order valence-corrected chi connectivity index (χ2v) is 4.88. The Bertz CT molecular complexity index is 482. The van der Waals surface area contributed by atoms with Crippen LogP contribution in [-0.2, 0) is 19.7 Å². The minimum absolute atomic E-state index is 0.0890. The van der Waals surface area contributed by atoms with Gasteiger partial charge in [-0.1, -0.05) is 24.3 Å². The van der Waals surface area contributed by atoms with Gasteiger partial charge in [0, 0.05) is 23.7 Å². The largest absolute Gasteiger partial charge is 0.398 e. The van der Waals surface area contributed by atoms with E-state index >= 15 is 0 Å². The highest BCUT2D eigenvalue weighted by molar-refractivity contribution is 7.10. The minimum Gasteiger partial charge on any atom is -0.398 e. The van der Waals surface area contributed by atoms with E-state index in [1.54, 1.807) is 11.3 Å². The van der Waals surface area contributed by atoms with Crippen molar-refractivity contribution in [1.29, 1.82) is 0 Å². The van der Waals surface area contributed by atoms with Gasteiger partial charge in [0.15, 0.2) is 0 Å². The minimum atomic E-state index is 0.0890. The molecule has 0 amide bonds. The number of anilines is 1. The predicted octanol–water partition coefficient (Wildman–Crippen LogP) is 2.11. The molecule has 0 aliphatic rings. The maximum Gasteiger partial charge on any atom is 0.0681 e. The van der Waals surface area contributed by atoms with Gasteiger partial charge in [0.05, 0.1) is 6.61 Å². The number of rotatable bonds is 5. The third-order valence-corrected chi connectivity index (χ3v) is 3.51. The molecule has 0 aliphatic heterocycles. The molecule has 0 atom stereocenters. The number of nitrogen functional groups attached to an aromatic ring is 1. The van der Waals surface area contributed by atoms with Gasteiger partial charge in [-0.2, -0.15) is 0 Å². The van der Waals surface area contributed by atoms with Crippen molar-refractivity contribution in [3.63, 3.8) is 0 Å². The first-order chi connectivity index (χ1) is 8.29. The molecule has 0 radical (unpaired) electrons. The smallest absolute Gasteiger partial charge is 0.0681 e. The molecule has 0 unspecified atom stereocenters. The molecular weight excluding hydrogens is 232 g/mol. The lowest BCUT2D eigenvalue weighted by atomic mass is 10.1. The Morgan fingerprint density at radius 2 is 2.00 bits per heavy atom. The Kier molecular flexibility index (Phi) is 4.14. The van der Waals surface area contributed by atoms with E-state index in [1.165, 1.54) is 10.4 Å². The number of aliphatic hydroxyl groups is 1. The molecule has 0 saturated heterocycles. The second kappa shape index (κ2) is 5.82. The van der Waals surface area contributed by atoms with Gasteiger partial charge in [0.2, 0.25) is 0 Å². The van der Waals surface area contributed by atoms with Crippen molar-refractivity contribution in [2.75, 3.05) is 5.73 Å². The van der Waals surface area contributed by atoms with E-state index in [1.807, 2.05) is 35.7 Å². The fourth-order valence-corrected chi connectivity index (χ4v) is 2.42. The summed E-state index contributed by atoms with van der Waals surface area (Å²) in [5, 5.41) is 14.4. The van der Waals surface area contributed by atoms with Crippen LogP contribution in [0.2, 0.25) is 0 Å². The molecule has 1 aromatic carbocycles. The van der Waals surface area contributed by atoms with Crippen LogP contribution in [0.15, 0.2) is 35.7 Å². The van der Waals surface area contributed by atoms with Crippen molar-refractivity contribution in [3.8, 4) is 0 Å². The van der Waals surface area contributed by atoms with Gasteiger partial charge in [-0.3, -0.25) is 0 Å². The third kappa shape index (κ3) is 3.30. The average molecular weight is 248 g/mol. The summed E-state index contributed by atoms with van der Waals surface area (Å²) in [7, 11) is 0. The standard InChI is InChI=1S/C13H16N2OS/c14-12-4-5-17-13(12)8-15-7-10-2-1-3-11(6-10)9-16/h1-6,15-16H,7-9,14H2. The van der Waals surface area contributed by atoms with Crippen molar-refractivity contribution >= 4 is 17.0 Å². The van der Waals surface area contributed by atoms with Crippen LogP contribution in [0.3, 0.4) is 0 Å². The molecule has 0 saturated carbocycles. The van der Waals surface area contributed by atoms with Crippen LogP contribution < -0.4 is 11.1 Å². The fraction of sp³-hybridized carbons (Fsp3) is 0.231. The molecule has 2 rings (SSSR count). The van der Waals surface area contributed by atoms with Crippen molar-refractivity contribution < 1.29 is 5.11 Å². The first-order valence-electron chi connectivity index (χ1n) is 5.51. The van der Waals surface area contributed by atoms with Gasteiger partial charge in [0.25, 0.3) is 0 Å². The zero-order valence-corrected chi connectivity index (χ0v) is 10.3. The molecule has 0 fully saturated rings. The topological polar surface area (TPSA) is 58.3 Å². The Balaban J connectivity index is 1.87.